The lowest BCUT2D eigenvalue weighted by Gasteiger charge is -2.12. The predicted octanol–water partition coefficient (Wildman–Crippen LogP) is 1.10. The van der Waals surface area contributed by atoms with E-state index < -0.39 is 0 Å². The Balaban J connectivity index is 2.43. The monoisotopic (exact) mass is 248 g/mol. The normalized spacial score (nSPS) is 12.6. The third-order valence-electron chi connectivity index (χ3n) is 2.78. The maximum atomic E-state index is 12.1. The van der Waals surface area contributed by atoms with Gasteiger partial charge in [-0.3, -0.25) is 5.32 Å². The van der Waals surface area contributed by atoms with E-state index in [-0.39, 0.29) is 17.5 Å². The van der Waals surface area contributed by atoms with Gasteiger partial charge in [-0.15, -0.1) is 0 Å². The van der Waals surface area contributed by atoms with Crippen molar-refractivity contribution < 1.29 is 9.58 Å². The van der Waals surface area contributed by atoms with Gasteiger partial charge in [0.2, 0.25) is 5.10 Å². The van der Waals surface area contributed by atoms with Crippen molar-refractivity contribution in [1.29, 1.82) is 0 Å². The van der Waals surface area contributed by atoms with Crippen LogP contribution in [0.2, 0.25) is 0 Å². The Morgan fingerprint density at radius 2 is 1.94 bits per heavy atom. The van der Waals surface area contributed by atoms with Crippen LogP contribution in [0, 0.1) is 10.4 Å². The molecule has 0 aliphatic carbocycles. The number of anilines is 1. The molecule has 96 valence electrons. The summed E-state index contributed by atoms with van der Waals surface area (Å²) in [4.78, 5) is 0.477. The number of rotatable bonds is 4. The lowest BCUT2D eigenvalue weighted by atomic mass is 10.2. The van der Waals surface area contributed by atoms with Gasteiger partial charge in [0.25, 0.3) is 5.52 Å². The van der Waals surface area contributed by atoms with Gasteiger partial charge in [-0.1, -0.05) is 25.5 Å². The van der Waals surface area contributed by atoms with E-state index in [0.717, 1.165) is 12.8 Å². The number of hydrogen-bond acceptors (Lipinski definition) is 4. The van der Waals surface area contributed by atoms with Crippen LogP contribution in [0.5, 0.6) is 0 Å². The minimum Gasteiger partial charge on any atom is -0.739 e. The predicted molar refractivity (Wildman–Crippen MR) is 67.7 cm³/mol. The van der Waals surface area contributed by atoms with Crippen molar-refractivity contribution in [1.82, 2.24) is 5.10 Å². The Morgan fingerprint density at radius 3 is 2.61 bits per heavy atom. The largest absolute Gasteiger partial charge is 0.739 e. The first kappa shape index (κ1) is 12.3. The minimum absolute atomic E-state index is 0.0460. The summed E-state index contributed by atoms with van der Waals surface area (Å²) in [7, 11) is 0. The maximum absolute atomic E-state index is 12.1. The molecule has 1 N–H and O–H groups in total. The van der Waals surface area contributed by atoms with Gasteiger partial charge in [-0.05, 0) is 19.4 Å². The van der Waals surface area contributed by atoms with Crippen molar-refractivity contribution in [3.05, 3.63) is 34.7 Å². The van der Waals surface area contributed by atoms with E-state index in [1.165, 1.54) is 0 Å². The number of nitrogens with one attached hydrogen (secondary N) is 1. The van der Waals surface area contributed by atoms with Crippen molar-refractivity contribution in [3.63, 3.8) is 0 Å². The zero-order chi connectivity index (χ0) is 13.1. The molecule has 0 saturated heterocycles. The highest BCUT2D eigenvalue weighted by molar-refractivity contribution is 5.67. The molecule has 1 atom stereocenters. The molecule has 0 amide bonds. The highest BCUT2D eigenvalue weighted by Gasteiger charge is 2.21. The van der Waals surface area contributed by atoms with Crippen molar-refractivity contribution in [3.8, 4) is 0 Å². The average Bonchev–Trinajstić information content (AvgIpc) is 2.36. The fourth-order valence-electron chi connectivity index (χ4n) is 1.91. The second-order valence-electron chi connectivity index (χ2n) is 4.31. The molecule has 1 aromatic heterocycles. The van der Waals surface area contributed by atoms with Crippen LogP contribution in [0.4, 0.5) is 5.95 Å². The molecule has 0 fully saturated rings. The summed E-state index contributed by atoms with van der Waals surface area (Å²) in [5.41, 5.74) is 0.579. The summed E-state index contributed by atoms with van der Waals surface area (Å²) in [5, 5.41) is 30.5. The van der Waals surface area contributed by atoms with Gasteiger partial charge in [-0.25, -0.2) is 4.73 Å². The first-order valence-corrected chi connectivity index (χ1v) is 6.02. The Labute approximate surface area is 105 Å². The van der Waals surface area contributed by atoms with E-state index >= 15 is 0 Å². The highest BCUT2D eigenvalue weighted by Crippen LogP contribution is 2.07. The van der Waals surface area contributed by atoms with Gasteiger partial charge in [0.1, 0.15) is 0 Å². The molecule has 18 heavy (non-hydrogen) atoms. The first-order chi connectivity index (χ1) is 8.63. The summed E-state index contributed by atoms with van der Waals surface area (Å²) in [6.07, 6.45) is 1.91. The molecular formula is C12H16N4O2. The molecule has 1 heterocycles. The van der Waals surface area contributed by atoms with E-state index in [4.69, 9.17) is 0 Å². The van der Waals surface area contributed by atoms with E-state index in [9.17, 15) is 10.4 Å². The average molecular weight is 248 g/mol. The van der Waals surface area contributed by atoms with Crippen LogP contribution in [0.3, 0.4) is 0 Å². The van der Waals surface area contributed by atoms with Crippen LogP contribution >= 0.6 is 0 Å². The molecule has 0 aliphatic rings. The number of fused-ring (bicyclic) bond motifs is 1. The Hall–Kier alpha value is -2.11. The van der Waals surface area contributed by atoms with Crippen LogP contribution in [-0.4, -0.2) is 11.1 Å². The molecule has 0 saturated carbocycles. The van der Waals surface area contributed by atoms with Crippen LogP contribution in [0.1, 0.15) is 26.7 Å². The SMILES string of the molecule is CCCC(C)Nc1n[n+]([O-])c2ccccc2[n+]1[O-]. The van der Waals surface area contributed by atoms with E-state index in [2.05, 4.69) is 17.3 Å². The molecule has 2 aromatic rings. The van der Waals surface area contributed by atoms with Gasteiger partial charge in [0, 0.05) is 10.9 Å². The third-order valence-corrected chi connectivity index (χ3v) is 2.78. The van der Waals surface area contributed by atoms with Crippen molar-refractivity contribution >= 4 is 17.0 Å². The topological polar surface area (TPSA) is 78.8 Å². The molecule has 6 nitrogen and oxygen atoms in total. The zero-order valence-electron chi connectivity index (χ0n) is 10.5. The van der Waals surface area contributed by atoms with E-state index in [0.29, 0.717) is 15.1 Å². The van der Waals surface area contributed by atoms with Gasteiger partial charge >= 0.3 is 5.95 Å². The van der Waals surface area contributed by atoms with Crippen LogP contribution < -0.4 is 14.9 Å². The molecule has 0 aliphatic heterocycles. The number of nitrogens with zero attached hydrogens (tertiary/aromatic N) is 3. The summed E-state index contributed by atoms with van der Waals surface area (Å²) < 4.78 is 0.663. The number of para-hydroxylation sites is 2. The fraction of sp³-hybridized carbons (Fsp3) is 0.417. The Kier molecular flexibility index (Phi) is 3.45. The van der Waals surface area contributed by atoms with Gasteiger partial charge < -0.3 is 10.4 Å². The van der Waals surface area contributed by atoms with Crippen LogP contribution in [0.25, 0.3) is 11.0 Å². The first-order valence-electron chi connectivity index (χ1n) is 6.02. The second-order valence-corrected chi connectivity index (χ2v) is 4.31. The second kappa shape index (κ2) is 5.03. The Morgan fingerprint density at radius 1 is 1.28 bits per heavy atom. The molecule has 1 aromatic carbocycles. The molecule has 6 heteroatoms. The summed E-state index contributed by atoms with van der Waals surface area (Å²) in [5.74, 6) is 0.0460. The third kappa shape index (κ3) is 2.27. The van der Waals surface area contributed by atoms with Gasteiger partial charge in [0.15, 0.2) is 5.52 Å². The van der Waals surface area contributed by atoms with Gasteiger partial charge in [-0.2, -0.15) is 0 Å². The van der Waals surface area contributed by atoms with E-state index in [1.54, 1.807) is 24.3 Å². The summed E-state index contributed by atoms with van der Waals surface area (Å²) >= 11 is 0. The molecular weight excluding hydrogens is 232 g/mol. The van der Waals surface area contributed by atoms with E-state index in [1.807, 2.05) is 6.92 Å². The summed E-state index contributed by atoms with van der Waals surface area (Å²) in [6, 6.07) is 6.70. The van der Waals surface area contributed by atoms with Crippen molar-refractivity contribution in [2.45, 2.75) is 32.7 Å². The standard InChI is InChI=1S/C12H16N4O2/c1-3-6-9(2)13-12-14-16(18)11-8-5-4-7-10(11)15(12)17/h4-5,7-9H,3,6H2,1-2H3,(H,13,14). The zero-order valence-corrected chi connectivity index (χ0v) is 10.5. The summed E-state index contributed by atoms with van der Waals surface area (Å²) in [6.45, 7) is 4.01. The van der Waals surface area contributed by atoms with Crippen molar-refractivity contribution in [2.24, 2.45) is 0 Å². The number of benzene rings is 1. The molecule has 0 bridgehead atoms. The highest BCUT2D eigenvalue weighted by atomic mass is 16.5. The quantitative estimate of drug-likeness (QED) is 0.649. The molecule has 0 spiro atoms. The molecule has 1 unspecified atom stereocenters. The number of hydrogen-bond donors (Lipinski definition) is 1. The number of aromatic nitrogens is 3. The lowest BCUT2D eigenvalue weighted by molar-refractivity contribution is -0.672. The lowest BCUT2D eigenvalue weighted by Crippen LogP contribution is -2.45. The minimum atomic E-state index is 0.0460. The van der Waals surface area contributed by atoms with Crippen LogP contribution in [-0.2, 0) is 0 Å². The fourth-order valence-corrected chi connectivity index (χ4v) is 1.91. The Bertz CT molecular complexity index is 559. The smallest absolute Gasteiger partial charge is 0.461 e. The molecule has 0 radical (unpaired) electrons. The maximum Gasteiger partial charge on any atom is 0.461 e. The molecule has 2 rings (SSSR count). The van der Waals surface area contributed by atoms with Gasteiger partial charge in [0.05, 0.1) is 6.04 Å². The van der Waals surface area contributed by atoms with Crippen LogP contribution in [0.15, 0.2) is 24.3 Å². The van der Waals surface area contributed by atoms with Crippen molar-refractivity contribution in [2.75, 3.05) is 5.32 Å².